The van der Waals surface area contributed by atoms with E-state index in [0.29, 0.717) is 6.54 Å². The molecule has 0 saturated carbocycles. The number of nitrogens with zero attached hydrogens (tertiary/aromatic N) is 3. The van der Waals surface area contributed by atoms with Gasteiger partial charge in [0, 0.05) is 25.5 Å². The Morgan fingerprint density at radius 1 is 1.12 bits per heavy atom. The van der Waals surface area contributed by atoms with Crippen LogP contribution in [0.2, 0.25) is 0 Å². The number of carbonyl (C=O) groups is 1. The summed E-state index contributed by atoms with van der Waals surface area (Å²) in [6.45, 7) is 5.87. The third kappa shape index (κ3) is 4.62. The molecule has 5 nitrogen and oxygen atoms in total. The van der Waals surface area contributed by atoms with E-state index in [2.05, 4.69) is 18.8 Å². The van der Waals surface area contributed by atoms with E-state index in [1.54, 1.807) is 12.5 Å². The molecule has 134 valence electrons. The second-order valence-electron chi connectivity index (χ2n) is 6.64. The van der Waals surface area contributed by atoms with Gasteiger partial charge in [0.15, 0.2) is 5.76 Å². The van der Waals surface area contributed by atoms with Gasteiger partial charge in [0.1, 0.15) is 0 Å². The smallest absolute Gasteiger partial charge is 0.289 e. The molecule has 0 radical (unpaired) electrons. The van der Waals surface area contributed by atoms with Crippen molar-refractivity contribution in [3.8, 4) is 0 Å². The number of aliphatic hydroxyl groups is 1. The number of amides is 1. The third-order valence-electron chi connectivity index (χ3n) is 4.80. The van der Waals surface area contributed by atoms with Crippen LogP contribution in [0.25, 0.3) is 0 Å². The van der Waals surface area contributed by atoms with E-state index in [1.807, 2.05) is 15.7 Å². The molecular weight excluding hydrogens is 302 g/mol. The van der Waals surface area contributed by atoms with E-state index < -0.39 is 0 Å². The molecule has 1 unspecified atom stereocenters. The first-order chi connectivity index (χ1) is 11.7. The molecule has 0 saturated heterocycles. The van der Waals surface area contributed by atoms with Gasteiger partial charge in [-0.25, -0.2) is 4.98 Å². The third-order valence-corrected chi connectivity index (χ3v) is 4.80. The summed E-state index contributed by atoms with van der Waals surface area (Å²) in [7, 11) is 0. The molecule has 0 aliphatic carbocycles. The van der Waals surface area contributed by atoms with Crippen molar-refractivity contribution in [2.45, 2.75) is 77.8 Å². The van der Waals surface area contributed by atoms with Crippen LogP contribution in [0.15, 0.2) is 30.1 Å². The minimum atomic E-state index is -0.173. The number of hydrogen-bond acceptors (Lipinski definition) is 3. The predicted octanol–water partition coefficient (Wildman–Crippen LogP) is 4.07. The summed E-state index contributed by atoms with van der Waals surface area (Å²) in [6.07, 6.45) is 13.7. The molecule has 1 amide bonds. The maximum atomic E-state index is 12.5. The number of aryl methyl sites for hydroxylation is 1. The van der Waals surface area contributed by atoms with E-state index in [0.717, 1.165) is 63.5 Å². The lowest BCUT2D eigenvalue weighted by Gasteiger charge is -2.27. The molecule has 1 aliphatic heterocycles. The highest BCUT2D eigenvalue weighted by molar-refractivity contribution is 5.95. The molecule has 1 aromatic heterocycles. The Morgan fingerprint density at radius 2 is 1.92 bits per heavy atom. The normalized spacial score (nSPS) is 18.0. The van der Waals surface area contributed by atoms with Crippen LogP contribution in [0.4, 0.5) is 0 Å². The molecule has 5 heteroatoms. The van der Waals surface area contributed by atoms with Crippen molar-refractivity contribution in [2.75, 3.05) is 6.54 Å². The minimum absolute atomic E-state index is 0.0230. The van der Waals surface area contributed by atoms with E-state index in [-0.39, 0.29) is 17.7 Å². The Kier molecular flexibility index (Phi) is 7.35. The zero-order valence-electron chi connectivity index (χ0n) is 15.1. The minimum Gasteiger partial charge on any atom is -0.503 e. The van der Waals surface area contributed by atoms with Crippen molar-refractivity contribution in [2.24, 2.45) is 0 Å². The first-order valence-corrected chi connectivity index (χ1v) is 9.37. The van der Waals surface area contributed by atoms with Gasteiger partial charge in [0.2, 0.25) is 0 Å². The fourth-order valence-corrected chi connectivity index (χ4v) is 3.44. The van der Waals surface area contributed by atoms with Crippen molar-refractivity contribution in [1.82, 2.24) is 14.5 Å². The first kappa shape index (κ1) is 18.6. The van der Waals surface area contributed by atoms with Crippen molar-refractivity contribution < 1.29 is 9.90 Å². The van der Waals surface area contributed by atoms with Gasteiger partial charge >= 0.3 is 0 Å². The number of aliphatic hydroxyl groups excluding tert-OH is 1. The van der Waals surface area contributed by atoms with Gasteiger partial charge in [0.05, 0.1) is 12.4 Å². The van der Waals surface area contributed by atoms with Crippen LogP contribution in [0, 0.1) is 0 Å². The van der Waals surface area contributed by atoms with Crippen LogP contribution >= 0.6 is 0 Å². The SMILES string of the molecule is CCCCCC1=C(O)C(=O)N(CCCn2ccnc2)C1CCCC. The van der Waals surface area contributed by atoms with E-state index in [9.17, 15) is 9.90 Å². The van der Waals surface area contributed by atoms with Gasteiger partial charge in [-0.1, -0.05) is 39.5 Å². The first-order valence-electron chi connectivity index (χ1n) is 9.37. The average molecular weight is 333 g/mol. The van der Waals surface area contributed by atoms with Crippen molar-refractivity contribution in [3.05, 3.63) is 30.1 Å². The van der Waals surface area contributed by atoms with Gasteiger partial charge in [-0.15, -0.1) is 0 Å². The molecule has 1 N–H and O–H groups in total. The van der Waals surface area contributed by atoms with Crippen LogP contribution in [0.5, 0.6) is 0 Å². The van der Waals surface area contributed by atoms with Crippen molar-refractivity contribution >= 4 is 5.91 Å². The van der Waals surface area contributed by atoms with Gasteiger partial charge < -0.3 is 14.6 Å². The summed E-state index contributed by atoms with van der Waals surface area (Å²) in [4.78, 5) is 18.4. The maximum absolute atomic E-state index is 12.5. The standard InChI is InChI=1S/C19H31N3O2/c1-3-5-7-9-16-17(10-6-4-2)22(19(24)18(16)23)13-8-12-21-14-11-20-15-21/h11,14-15,17,23H,3-10,12-13H2,1-2H3. The fraction of sp³-hybridized carbons (Fsp3) is 0.684. The number of imidazole rings is 1. The predicted molar refractivity (Wildman–Crippen MR) is 95.7 cm³/mol. The maximum Gasteiger partial charge on any atom is 0.289 e. The molecule has 24 heavy (non-hydrogen) atoms. The van der Waals surface area contributed by atoms with Gasteiger partial charge in [-0.3, -0.25) is 4.79 Å². The zero-order valence-corrected chi connectivity index (χ0v) is 15.1. The molecule has 1 atom stereocenters. The molecule has 0 aromatic carbocycles. The summed E-state index contributed by atoms with van der Waals surface area (Å²) >= 11 is 0. The number of unbranched alkanes of at least 4 members (excludes halogenated alkanes) is 3. The van der Waals surface area contributed by atoms with Crippen LogP contribution in [0.3, 0.4) is 0 Å². The lowest BCUT2D eigenvalue weighted by Crippen LogP contribution is -2.37. The largest absolute Gasteiger partial charge is 0.503 e. The lowest BCUT2D eigenvalue weighted by molar-refractivity contribution is -0.129. The summed E-state index contributed by atoms with van der Waals surface area (Å²) < 4.78 is 2.02. The number of rotatable bonds is 11. The van der Waals surface area contributed by atoms with Gasteiger partial charge in [-0.2, -0.15) is 0 Å². The second kappa shape index (κ2) is 9.50. The Bertz CT molecular complexity index is 537. The Balaban J connectivity index is 1.98. The molecular formula is C19H31N3O2. The summed E-state index contributed by atoms with van der Waals surface area (Å²) in [5, 5.41) is 10.4. The Hall–Kier alpha value is -1.78. The van der Waals surface area contributed by atoms with E-state index in [1.165, 1.54) is 0 Å². The van der Waals surface area contributed by atoms with Crippen LogP contribution in [-0.4, -0.2) is 38.1 Å². The lowest BCUT2D eigenvalue weighted by atomic mass is 9.97. The average Bonchev–Trinajstić information content (AvgIpc) is 3.17. The fourth-order valence-electron chi connectivity index (χ4n) is 3.44. The molecule has 0 bridgehead atoms. The van der Waals surface area contributed by atoms with Crippen LogP contribution in [0.1, 0.15) is 65.2 Å². The molecule has 0 fully saturated rings. The molecule has 2 heterocycles. The highest BCUT2D eigenvalue weighted by Crippen LogP contribution is 2.32. The quantitative estimate of drug-likeness (QED) is 0.621. The van der Waals surface area contributed by atoms with Crippen molar-refractivity contribution in [3.63, 3.8) is 0 Å². The van der Waals surface area contributed by atoms with E-state index in [4.69, 9.17) is 0 Å². The van der Waals surface area contributed by atoms with Crippen molar-refractivity contribution in [1.29, 1.82) is 0 Å². The topological polar surface area (TPSA) is 58.4 Å². The molecule has 0 spiro atoms. The zero-order chi connectivity index (χ0) is 17.4. The Morgan fingerprint density at radius 3 is 2.58 bits per heavy atom. The van der Waals surface area contributed by atoms with Gasteiger partial charge in [-0.05, 0) is 31.3 Å². The van der Waals surface area contributed by atoms with E-state index >= 15 is 0 Å². The molecule has 1 aliphatic rings. The molecule has 2 rings (SSSR count). The summed E-state index contributed by atoms with van der Waals surface area (Å²) in [5.41, 5.74) is 0.976. The second-order valence-corrected chi connectivity index (χ2v) is 6.64. The number of hydrogen-bond donors (Lipinski definition) is 1. The highest BCUT2D eigenvalue weighted by atomic mass is 16.3. The monoisotopic (exact) mass is 333 g/mol. The Labute approximate surface area is 145 Å². The summed E-state index contributed by atoms with van der Waals surface area (Å²) in [5.74, 6) is -0.150. The van der Waals surface area contributed by atoms with Gasteiger partial charge in [0.25, 0.3) is 5.91 Å². The highest BCUT2D eigenvalue weighted by Gasteiger charge is 2.37. The number of aromatic nitrogens is 2. The van der Waals surface area contributed by atoms with Crippen LogP contribution < -0.4 is 0 Å². The molecule has 1 aromatic rings. The number of carbonyl (C=O) groups excluding carboxylic acids is 1. The summed E-state index contributed by atoms with van der Waals surface area (Å²) in [6, 6.07) is 0.0945. The van der Waals surface area contributed by atoms with Crippen LogP contribution in [-0.2, 0) is 11.3 Å².